The number of hydrogen-bond acceptors (Lipinski definition) is 4. The molecule has 0 N–H and O–H groups in total. The third-order valence-corrected chi connectivity index (χ3v) is 3.62. The van der Waals surface area contributed by atoms with Crippen LogP contribution in [0.5, 0.6) is 17.2 Å². The fourth-order valence-electron chi connectivity index (χ4n) is 2.66. The van der Waals surface area contributed by atoms with Crippen molar-refractivity contribution in [2.24, 2.45) is 5.41 Å². The Morgan fingerprint density at radius 3 is 2.44 bits per heavy atom. The van der Waals surface area contributed by atoms with Crippen molar-refractivity contribution in [3.05, 3.63) is 23.8 Å². The zero-order valence-electron chi connectivity index (χ0n) is 15.9. The zero-order valence-corrected chi connectivity index (χ0v) is 15.9. The second-order valence-electron chi connectivity index (χ2n) is 7.45. The Morgan fingerprint density at radius 2 is 1.85 bits per heavy atom. The van der Waals surface area contributed by atoms with Crippen molar-refractivity contribution in [3.63, 3.8) is 0 Å². The summed E-state index contributed by atoms with van der Waals surface area (Å²) in [4.78, 5) is 13.2. The highest BCUT2D eigenvalue weighted by Crippen LogP contribution is 2.40. The number of benzene rings is 1. The van der Waals surface area contributed by atoms with Gasteiger partial charge >= 0.3 is 6.18 Å². The number of methoxy groups -OCH3 is 1. The molecule has 0 fully saturated rings. The van der Waals surface area contributed by atoms with Crippen molar-refractivity contribution in [2.75, 3.05) is 33.4 Å². The topological polar surface area (TPSA) is 48.0 Å². The first-order valence-corrected chi connectivity index (χ1v) is 8.50. The van der Waals surface area contributed by atoms with Crippen LogP contribution >= 0.6 is 0 Å². The van der Waals surface area contributed by atoms with Gasteiger partial charge in [-0.05, 0) is 29.2 Å². The van der Waals surface area contributed by atoms with Crippen molar-refractivity contribution < 1.29 is 32.2 Å². The number of amides is 1. The lowest BCUT2D eigenvalue weighted by atomic mass is 9.96. The van der Waals surface area contributed by atoms with Gasteiger partial charge < -0.3 is 19.1 Å². The number of carbonyl (C=O) groups excluding carboxylic acids is 1. The SMILES string of the molecule is COc1cc(/C=C/C(=O)N(CC(C)(C)C)CC(F)(F)F)cc2c1OCCO2. The van der Waals surface area contributed by atoms with Gasteiger partial charge in [0.05, 0.1) is 7.11 Å². The van der Waals surface area contributed by atoms with E-state index in [1.54, 1.807) is 32.9 Å². The fraction of sp³-hybridized carbons (Fsp3) is 0.526. The third-order valence-electron chi connectivity index (χ3n) is 3.62. The minimum atomic E-state index is -4.46. The first kappa shape index (κ1) is 20.9. The van der Waals surface area contributed by atoms with E-state index >= 15 is 0 Å². The summed E-state index contributed by atoms with van der Waals surface area (Å²) in [6.07, 6.45) is -1.90. The highest BCUT2D eigenvalue weighted by molar-refractivity contribution is 5.92. The van der Waals surface area contributed by atoms with Crippen LogP contribution in [-0.2, 0) is 4.79 Å². The van der Waals surface area contributed by atoms with Crippen LogP contribution in [-0.4, -0.2) is 50.4 Å². The second-order valence-corrected chi connectivity index (χ2v) is 7.45. The van der Waals surface area contributed by atoms with E-state index < -0.39 is 24.0 Å². The van der Waals surface area contributed by atoms with Crippen LogP contribution in [0, 0.1) is 5.41 Å². The maximum absolute atomic E-state index is 12.8. The molecule has 2 rings (SSSR count). The van der Waals surface area contributed by atoms with Crippen molar-refractivity contribution in [2.45, 2.75) is 26.9 Å². The maximum Gasteiger partial charge on any atom is 0.406 e. The van der Waals surface area contributed by atoms with Crippen molar-refractivity contribution in [1.82, 2.24) is 4.90 Å². The van der Waals surface area contributed by atoms with Gasteiger partial charge in [0.1, 0.15) is 19.8 Å². The van der Waals surface area contributed by atoms with Gasteiger partial charge in [0.25, 0.3) is 0 Å². The molecule has 1 aromatic rings. The van der Waals surface area contributed by atoms with Crippen LogP contribution < -0.4 is 14.2 Å². The Morgan fingerprint density at radius 1 is 1.19 bits per heavy atom. The van der Waals surface area contributed by atoms with Crippen molar-refractivity contribution in [3.8, 4) is 17.2 Å². The highest BCUT2D eigenvalue weighted by Gasteiger charge is 2.34. The quantitative estimate of drug-likeness (QED) is 0.719. The van der Waals surface area contributed by atoms with Gasteiger partial charge in [0, 0.05) is 12.6 Å². The van der Waals surface area contributed by atoms with Crippen molar-refractivity contribution >= 4 is 12.0 Å². The Labute approximate surface area is 156 Å². The molecule has 0 aliphatic carbocycles. The molecule has 1 aliphatic heterocycles. The number of fused-ring (bicyclic) bond motifs is 1. The van der Waals surface area contributed by atoms with Gasteiger partial charge in [0.2, 0.25) is 11.7 Å². The zero-order chi connectivity index (χ0) is 20.2. The lowest BCUT2D eigenvalue weighted by Gasteiger charge is -2.29. The molecular formula is C19H24F3NO4. The van der Waals surface area contributed by atoms with Gasteiger partial charge in [-0.3, -0.25) is 4.79 Å². The minimum absolute atomic E-state index is 0.0137. The van der Waals surface area contributed by atoms with E-state index in [1.807, 2.05) is 0 Å². The largest absolute Gasteiger partial charge is 0.493 e. The second kappa shape index (κ2) is 8.10. The number of halogens is 3. The highest BCUT2D eigenvalue weighted by atomic mass is 19.4. The number of carbonyl (C=O) groups is 1. The molecule has 1 aromatic carbocycles. The number of hydrogen-bond donors (Lipinski definition) is 0. The fourth-order valence-corrected chi connectivity index (χ4v) is 2.66. The molecule has 0 unspecified atom stereocenters. The first-order chi connectivity index (χ1) is 12.5. The van der Waals surface area contributed by atoms with E-state index in [2.05, 4.69) is 0 Å². The van der Waals surface area contributed by atoms with Crippen LogP contribution in [0.15, 0.2) is 18.2 Å². The average Bonchev–Trinajstić information content (AvgIpc) is 2.55. The Bertz CT molecular complexity index is 675. The lowest BCUT2D eigenvalue weighted by molar-refractivity contribution is -0.160. The molecule has 0 saturated heterocycles. The maximum atomic E-state index is 12.8. The van der Waals surface area contributed by atoms with E-state index in [0.29, 0.717) is 36.0 Å². The monoisotopic (exact) mass is 387 g/mol. The standard InChI is InChI=1S/C19H24F3NO4/c1-18(2,3)11-23(12-19(20,21)22)16(24)6-5-13-9-14(25-4)17-15(10-13)26-7-8-27-17/h5-6,9-10H,7-8,11-12H2,1-4H3/b6-5+. The van der Waals surface area contributed by atoms with Gasteiger partial charge in [-0.15, -0.1) is 0 Å². The third kappa shape index (κ3) is 6.37. The first-order valence-electron chi connectivity index (χ1n) is 8.50. The Balaban J connectivity index is 2.22. The van der Waals surface area contributed by atoms with E-state index in [1.165, 1.54) is 13.2 Å². The summed E-state index contributed by atoms with van der Waals surface area (Å²) in [6, 6.07) is 3.29. The predicted molar refractivity (Wildman–Crippen MR) is 95.1 cm³/mol. The normalized spacial score (nSPS) is 14.3. The van der Waals surface area contributed by atoms with Gasteiger partial charge in [-0.25, -0.2) is 0 Å². The predicted octanol–water partition coefficient (Wildman–Crippen LogP) is 3.92. The molecule has 0 spiro atoms. The number of rotatable bonds is 5. The molecule has 0 aromatic heterocycles. The van der Waals surface area contributed by atoms with Crippen LogP contribution in [0.1, 0.15) is 26.3 Å². The average molecular weight is 387 g/mol. The summed E-state index contributed by atoms with van der Waals surface area (Å²) in [5.41, 5.74) is 0.0989. The van der Waals surface area contributed by atoms with Gasteiger partial charge in [0.15, 0.2) is 11.5 Å². The number of alkyl halides is 3. The molecule has 8 heteroatoms. The minimum Gasteiger partial charge on any atom is -0.493 e. The van der Waals surface area contributed by atoms with Crippen LogP contribution in [0.25, 0.3) is 6.08 Å². The van der Waals surface area contributed by atoms with Gasteiger partial charge in [-0.2, -0.15) is 13.2 Å². The molecule has 1 amide bonds. The summed E-state index contributed by atoms with van der Waals surface area (Å²) in [5, 5.41) is 0. The molecule has 0 atom stereocenters. The Kier molecular flexibility index (Phi) is 6.28. The number of ether oxygens (including phenoxy) is 3. The summed E-state index contributed by atoms with van der Waals surface area (Å²) in [6.45, 7) is 4.80. The Hall–Kier alpha value is -2.38. The van der Waals surface area contributed by atoms with E-state index in [4.69, 9.17) is 14.2 Å². The molecule has 0 radical (unpaired) electrons. The van der Waals surface area contributed by atoms with Crippen molar-refractivity contribution in [1.29, 1.82) is 0 Å². The van der Waals surface area contributed by atoms with Crippen LogP contribution in [0.3, 0.4) is 0 Å². The summed E-state index contributed by atoms with van der Waals surface area (Å²) in [7, 11) is 1.47. The molecule has 5 nitrogen and oxygen atoms in total. The van der Waals surface area contributed by atoms with Crippen LogP contribution in [0.2, 0.25) is 0 Å². The molecule has 150 valence electrons. The van der Waals surface area contributed by atoms with E-state index in [9.17, 15) is 18.0 Å². The van der Waals surface area contributed by atoms with Gasteiger partial charge in [-0.1, -0.05) is 20.8 Å². The molecule has 0 bridgehead atoms. The number of nitrogens with zero attached hydrogens (tertiary/aromatic N) is 1. The molecule has 0 saturated carbocycles. The summed E-state index contributed by atoms with van der Waals surface area (Å²) < 4.78 is 54.7. The smallest absolute Gasteiger partial charge is 0.406 e. The molecule has 27 heavy (non-hydrogen) atoms. The van der Waals surface area contributed by atoms with E-state index in [-0.39, 0.29) is 6.54 Å². The van der Waals surface area contributed by atoms with Crippen LogP contribution in [0.4, 0.5) is 13.2 Å². The summed E-state index contributed by atoms with van der Waals surface area (Å²) in [5.74, 6) is 0.658. The molecular weight excluding hydrogens is 363 g/mol. The summed E-state index contributed by atoms with van der Waals surface area (Å²) >= 11 is 0. The lowest BCUT2D eigenvalue weighted by Crippen LogP contribution is -2.42. The molecule has 1 aliphatic rings. The molecule has 1 heterocycles. The van der Waals surface area contributed by atoms with E-state index in [0.717, 1.165) is 11.0 Å².